The number of aromatic nitrogens is 2. The summed E-state index contributed by atoms with van der Waals surface area (Å²) in [5.41, 5.74) is 0.788. The molecule has 1 atom stereocenters. The van der Waals surface area contributed by atoms with E-state index in [-0.39, 0.29) is 11.7 Å². The summed E-state index contributed by atoms with van der Waals surface area (Å²) in [4.78, 5) is 10.3. The number of rotatable bonds is 5. The molecular weight excluding hydrogens is 264 g/mol. The Labute approximate surface area is 114 Å². The smallest absolute Gasteiger partial charge is 0.270 e. The van der Waals surface area contributed by atoms with Crippen molar-refractivity contribution in [2.45, 2.75) is 19.9 Å². The van der Waals surface area contributed by atoms with E-state index in [4.69, 9.17) is 0 Å². The van der Waals surface area contributed by atoms with Crippen molar-refractivity contribution in [3.05, 3.63) is 39.4 Å². The average molecular weight is 278 g/mol. The lowest BCUT2D eigenvalue weighted by molar-refractivity contribution is -0.384. The number of hydrogen-bond donors (Lipinski definition) is 1. The van der Waals surface area contributed by atoms with Crippen molar-refractivity contribution in [2.75, 3.05) is 6.54 Å². The lowest BCUT2D eigenvalue weighted by atomic mass is 10.2. The van der Waals surface area contributed by atoms with Gasteiger partial charge in [0.1, 0.15) is 10.0 Å². The molecule has 1 aromatic carbocycles. The number of nitrogens with one attached hydrogen (secondary N) is 1. The largest absolute Gasteiger partial charge is 0.308 e. The molecule has 2 rings (SSSR count). The maximum Gasteiger partial charge on any atom is 0.270 e. The van der Waals surface area contributed by atoms with Crippen molar-refractivity contribution in [2.24, 2.45) is 0 Å². The summed E-state index contributed by atoms with van der Waals surface area (Å²) in [5.74, 6) is 0. The molecule has 7 heteroatoms. The van der Waals surface area contributed by atoms with E-state index >= 15 is 0 Å². The lowest BCUT2D eigenvalue weighted by Gasteiger charge is -2.06. The van der Waals surface area contributed by atoms with Crippen molar-refractivity contribution in [3.8, 4) is 10.6 Å². The molecule has 1 N–H and O–H groups in total. The Morgan fingerprint density at radius 3 is 2.95 bits per heavy atom. The van der Waals surface area contributed by atoms with Gasteiger partial charge in [0.2, 0.25) is 0 Å². The second kappa shape index (κ2) is 5.85. The van der Waals surface area contributed by atoms with Gasteiger partial charge in [-0.05, 0) is 13.5 Å². The Morgan fingerprint density at radius 2 is 2.26 bits per heavy atom. The van der Waals surface area contributed by atoms with Gasteiger partial charge < -0.3 is 5.32 Å². The molecule has 0 saturated carbocycles. The zero-order valence-electron chi connectivity index (χ0n) is 10.7. The molecule has 0 fully saturated rings. The predicted octanol–water partition coefficient (Wildman–Crippen LogP) is 2.78. The molecule has 100 valence electrons. The fourth-order valence-corrected chi connectivity index (χ4v) is 2.54. The van der Waals surface area contributed by atoms with Crippen molar-refractivity contribution >= 4 is 17.0 Å². The first-order valence-electron chi connectivity index (χ1n) is 5.93. The van der Waals surface area contributed by atoms with Crippen LogP contribution in [0.15, 0.2) is 24.3 Å². The third-order valence-electron chi connectivity index (χ3n) is 2.63. The Morgan fingerprint density at radius 1 is 1.47 bits per heavy atom. The number of nitro groups is 1. The van der Waals surface area contributed by atoms with Crippen molar-refractivity contribution < 1.29 is 4.92 Å². The topological polar surface area (TPSA) is 81.0 Å². The number of nitro benzene ring substituents is 1. The van der Waals surface area contributed by atoms with Crippen LogP contribution in [0.25, 0.3) is 10.6 Å². The van der Waals surface area contributed by atoms with Gasteiger partial charge in [0.25, 0.3) is 5.69 Å². The highest BCUT2D eigenvalue weighted by Crippen LogP contribution is 2.28. The monoisotopic (exact) mass is 278 g/mol. The van der Waals surface area contributed by atoms with Gasteiger partial charge in [0, 0.05) is 17.7 Å². The van der Waals surface area contributed by atoms with E-state index < -0.39 is 4.92 Å². The van der Waals surface area contributed by atoms with Gasteiger partial charge >= 0.3 is 0 Å². The van der Waals surface area contributed by atoms with E-state index in [0.717, 1.165) is 17.1 Å². The van der Waals surface area contributed by atoms with Crippen LogP contribution in [0.2, 0.25) is 0 Å². The molecule has 6 nitrogen and oxygen atoms in total. The molecule has 1 aromatic heterocycles. The molecule has 0 aliphatic heterocycles. The van der Waals surface area contributed by atoms with Crippen LogP contribution in [0.1, 0.15) is 24.9 Å². The predicted molar refractivity (Wildman–Crippen MR) is 74.1 cm³/mol. The molecule has 1 unspecified atom stereocenters. The molecule has 2 aromatic rings. The number of nitrogens with zero attached hydrogens (tertiary/aromatic N) is 3. The summed E-state index contributed by atoms with van der Waals surface area (Å²) >= 11 is 1.45. The first-order chi connectivity index (χ1) is 9.11. The number of non-ortho nitro benzene ring substituents is 1. The van der Waals surface area contributed by atoms with E-state index in [0.29, 0.717) is 5.01 Å². The number of benzene rings is 1. The van der Waals surface area contributed by atoms with Crippen LogP contribution in [0, 0.1) is 10.1 Å². The van der Waals surface area contributed by atoms with Crippen molar-refractivity contribution in [1.82, 2.24) is 15.5 Å². The van der Waals surface area contributed by atoms with Crippen LogP contribution in [0.3, 0.4) is 0 Å². The van der Waals surface area contributed by atoms with Gasteiger partial charge in [-0.1, -0.05) is 30.4 Å². The van der Waals surface area contributed by atoms with Crippen LogP contribution < -0.4 is 5.32 Å². The minimum atomic E-state index is -0.410. The van der Waals surface area contributed by atoms with E-state index in [1.807, 2.05) is 13.8 Å². The minimum Gasteiger partial charge on any atom is -0.308 e. The summed E-state index contributed by atoms with van der Waals surface area (Å²) in [5, 5.41) is 23.8. The summed E-state index contributed by atoms with van der Waals surface area (Å²) in [6, 6.07) is 6.57. The van der Waals surface area contributed by atoms with Crippen molar-refractivity contribution in [1.29, 1.82) is 0 Å². The second-order valence-corrected chi connectivity index (χ2v) is 5.04. The molecule has 0 aliphatic rings. The summed E-state index contributed by atoms with van der Waals surface area (Å²) in [7, 11) is 0. The fourth-order valence-electron chi connectivity index (χ4n) is 1.67. The zero-order valence-corrected chi connectivity index (χ0v) is 11.5. The summed E-state index contributed by atoms with van der Waals surface area (Å²) < 4.78 is 0. The van der Waals surface area contributed by atoms with Crippen LogP contribution >= 0.6 is 11.3 Å². The lowest BCUT2D eigenvalue weighted by Crippen LogP contribution is -2.17. The molecule has 0 amide bonds. The average Bonchev–Trinajstić information content (AvgIpc) is 2.89. The van der Waals surface area contributed by atoms with Gasteiger partial charge in [0.05, 0.1) is 11.0 Å². The van der Waals surface area contributed by atoms with E-state index in [2.05, 4.69) is 15.5 Å². The van der Waals surface area contributed by atoms with Gasteiger partial charge in [-0.25, -0.2) is 0 Å². The number of hydrogen-bond acceptors (Lipinski definition) is 6. The van der Waals surface area contributed by atoms with Crippen LogP contribution in [0.5, 0.6) is 0 Å². The SMILES string of the molecule is CCNC(C)c1nnc(-c2cccc([N+](=O)[O-])c2)s1. The maximum atomic E-state index is 10.7. The third kappa shape index (κ3) is 3.12. The van der Waals surface area contributed by atoms with Crippen molar-refractivity contribution in [3.63, 3.8) is 0 Å². The first-order valence-corrected chi connectivity index (χ1v) is 6.75. The van der Waals surface area contributed by atoms with Crippen LogP contribution in [0.4, 0.5) is 5.69 Å². The Balaban J connectivity index is 2.27. The standard InChI is InChI=1S/C12H14N4O2S/c1-3-13-8(2)11-14-15-12(19-11)9-5-4-6-10(7-9)16(17)18/h4-8,13H,3H2,1-2H3. The highest BCUT2D eigenvalue weighted by molar-refractivity contribution is 7.14. The van der Waals surface area contributed by atoms with E-state index in [1.54, 1.807) is 12.1 Å². The Kier molecular flexibility index (Phi) is 4.18. The molecular formula is C12H14N4O2S. The fraction of sp³-hybridized carbons (Fsp3) is 0.333. The Hall–Kier alpha value is -1.86. The van der Waals surface area contributed by atoms with E-state index in [9.17, 15) is 10.1 Å². The molecule has 0 aliphatic carbocycles. The first kappa shape index (κ1) is 13.6. The zero-order chi connectivity index (χ0) is 13.8. The van der Waals surface area contributed by atoms with Crippen LogP contribution in [-0.4, -0.2) is 21.7 Å². The summed E-state index contributed by atoms with van der Waals surface area (Å²) in [6.07, 6.45) is 0. The van der Waals surface area contributed by atoms with Gasteiger partial charge in [-0.2, -0.15) is 0 Å². The molecule has 0 bridgehead atoms. The Bertz CT molecular complexity index is 585. The molecule has 0 saturated heterocycles. The molecule has 0 spiro atoms. The van der Waals surface area contributed by atoms with Gasteiger partial charge in [-0.15, -0.1) is 10.2 Å². The summed E-state index contributed by atoms with van der Waals surface area (Å²) in [6.45, 7) is 4.90. The van der Waals surface area contributed by atoms with Gasteiger partial charge in [-0.3, -0.25) is 10.1 Å². The molecule has 0 radical (unpaired) electrons. The second-order valence-electron chi connectivity index (χ2n) is 4.03. The van der Waals surface area contributed by atoms with Crippen LogP contribution in [-0.2, 0) is 0 Å². The highest BCUT2D eigenvalue weighted by Gasteiger charge is 2.14. The normalized spacial score (nSPS) is 12.3. The quantitative estimate of drug-likeness (QED) is 0.672. The minimum absolute atomic E-state index is 0.0639. The molecule has 19 heavy (non-hydrogen) atoms. The van der Waals surface area contributed by atoms with Gasteiger partial charge in [0.15, 0.2) is 0 Å². The maximum absolute atomic E-state index is 10.7. The highest BCUT2D eigenvalue weighted by atomic mass is 32.1. The molecule has 1 heterocycles. The van der Waals surface area contributed by atoms with E-state index in [1.165, 1.54) is 23.5 Å². The third-order valence-corrected chi connectivity index (χ3v) is 3.78.